The van der Waals surface area contributed by atoms with Crippen molar-refractivity contribution in [1.82, 2.24) is 5.43 Å². The minimum absolute atomic E-state index is 0.290. The third kappa shape index (κ3) is 2.79. The van der Waals surface area contributed by atoms with Gasteiger partial charge in [-0.2, -0.15) is 0 Å². The first kappa shape index (κ1) is 14.4. The number of nitrogens with one attached hydrogen (secondary N) is 1. The summed E-state index contributed by atoms with van der Waals surface area (Å²) in [5, 5.41) is 0. The standard InChI is InChI=1S/C15H16F2N2O/c1-9-7-10(3-6-14(9)20-2)15(19-18)12-5-4-11(16)8-13(12)17/h3-8,15,19H,18H2,1-2H3. The van der Waals surface area contributed by atoms with Crippen molar-refractivity contribution >= 4 is 0 Å². The summed E-state index contributed by atoms with van der Waals surface area (Å²) in [5.41, 5.74) is 4.53. The minimum atomic E-state index is -0.638. The maximum absolute atomic E-state index is 13.9. The molecule has 0 spiro atoms. The van der Waals surface area contributed by atoms with E-state index in [9.17, 15) is 8.78 Å². The van der Waals surface area contributed by atoms with Crippen LogP contribution in [0.15, 0.2) is 36.4 Å². The summed E-state index contributed by atoms with van der Waals surface area (Å²) in [4.78, 5) is 0. The summed E-state index contributed by atoms with van der Waals surface area (Å²) >= 11 is 0. The molecule has 1 unspecified atom stereocenters. The van der Waals surface area contributed by atoms with Crippen LogP contribution in [0.1, 0.15) is 22.7 Å². The average molecular weight is 278 g/mol. The lowest BCUT2D eigenvalue weighted by Gasteiger charge is -2.19. The Morgan fingerprint density at radius 1 is 1.15 bits per heavy atom. The van der Waals surface area contributed by atoms with E-state index in [1.54, 1.807) is 19.2 Å². The first-order valence-corrected chi connectivity index (χ1v) is 6.12. The van der Waals surface area contributed by atoms with Gasteiger partial charge in [-0.15, -0.1) is 0 Å². The van der Waals surface area contributed by atoms with Gasteiger partial charge in [-0.25, -0.2) is 14.2 Å². The molecular weight excluding hydrogens is 262 g/mol. The van der Waals surface area contributed by atoms with Crippen molar-refractivity contribution in [3.8, 4) is 5.75 Å². The highest BCUT2D eigenvalue weighted by Gasteiger charge is 2.18. The Balaban J connectivity index is 2.44. The van der Waals surface area contributed by atoms with Gasteiger partial charge in [0.05, 0.1) is 13.2 Å². The Morgan fingerprint density at radius 2 is 1.90 bits per heavy atom. The van der Waals surface area contributed by atoms with Crippen LogP contribution < -0.4 is 16.0 Å². The quantitative estimate of drug-likeness (QED) is 0.668. The van der Waals surface area contributed by atoms with E-state index < -0.39 is 17.7 Å². The smallest absolute Gasteiger partial charge is 0.131 e. The third-order valence-electron chi connectivity index (χ3n) is 3.19. The molecule has 1 atom stereocenters. The van der Waals surface area contributed by atoms with Crippen molar-refractivity contribution < 1.29 is 13.5 Å². The molecule has 0 aliphatic carbocycles. The zero-order valence-electron chi connectivity index (χ0n) is 11.3. The van der Waals surface area contributed by atoms with Gasteiger partial charge in [0.15, 0.2) is 0 Å². The molecule has 2 rings (SSSR count). The predicted molar refractivity (Wildman–Crippen MR) is 73.3 cm³/mol. The van der Waals surface area contributed by atoms with Crippen LogP contribution in [0.2, 0.25) is 0 Å². The van der Waals surface area contributed by atoms with Crippen LogP contribution in [-0.4, -0.2) is 7.11 Å². The number of hydrogen-bond acceptors (Lipinski definition) is 3. The van der Waals surface area contributed by atoms with Crippen molar-refractivity contribution in [2.24, 2.45) is 5.84 Å². The highest BCUT2D eigenvalue weighted by molar-refractivity contribution is 5.41. The van der Waals surface area contributed by atoms with Crippen molar-refractivity contribution in [3.05, 3.63) is 64.7 Å². The lowest BCUT2D eigenvalue weighted by atomic mass is 9.97. The maximum Gasteiger partial charge on any atom is 0.131 e. The summed E-state index contributed by atoms with van der Waals surface area (Å²) in [6, 6.07) is 8.31. The summed E-state index contributed by atoms with van der Waals surface area (Å²) in [7, 11) is 1.58. The van der Waals surface area contributed by atoms with E-state index in [0.717, 1.165) is 22.9 Å². The van der Waals surface area contributed by atoms with E-state index in [4.69, 9.17) is 10.6 Å². The predicted octanol–water partition coefficient (Wildman–Crippen LogP) is 2.83. The Hall–Kier alpha value is -1.98. The fourth-order valence-corrected chi connectivity index (χ4v) is 2.18. The van der Waals surface area contributed by atoms with Crippen LogP contribution in [0.5, 0.6) is 5.75 Å². The second kappa shape index (κ2) is 5.98. The number of ether oxygens (including phenoxy) is 1. The number of nitrogens with two attached hydrogens (primary N) is 1. The fraction of sp³-hybridized carbons (Fsp3) is 0.200. The normalized spacial score (nSPS) is 12.2. The van der Waals surface area contributed by atoms with Gasteiger partial charge in [0.25, 0.3) is 0 Å². The molecule has 106 valence electrons. The molecule has 0 fully saturated rings. The van der Waals surface area contributed by atoms with Gasteiger partial charge in [0.2, 0.25) is 0 Å². The zero-order valence-corrected chi connectivity index (χ0v) is 11.3. The molecule has 0 saturated carbocycles. The molecule has 3 N–H and O–H groups in total. The largest absolute Gasteiger partial charge is 0.496 e. The molecule has 0 amide bonds. The van der Waals surface area contributed by atoms with E-state index >= 15 is 0 Å². The zero-order chi connectivity index (χ0) is 14.7. The number of halogens is 2. The molecule has 3 nitrogen and oxygen atoms in total. The number of aryl methyl sites for hydroxylation is 1. The maximum atomic E-state index is 13.9. The molecule has 0 aliphatic heterocycles. The van der Waals surface area contributed by atoms with Gasteiger partial charge in [-0.1, -0.05) is 18.2 Å². The average Bonchev–Trinajstić information content (AvgIpc) is 2.42. The van der Waals surface area contributed by atoms with Crippen LogP contribution in [0.4, 0.5) is 8.78 Å². The van der Waals surface area contributed by atoms with Crippen LogP contribution >= 0.6 is 0 Å². The van der Waals surface area contributed by atoms with E-state index in [0.29, 0.717) is 5.56 Å². The highest BCUT2D eigenvalue weighted by Crippen LogP contribution is 2.28. The number of methoxy groups -OCH3 is 1. The molecule has 5 heteroatoms. The Bertz CT molecular complexity index is 617. The topological polar surface area (TPSA) is 47.3 Å². The van der Waals surface area contributed by atoms with E-state index in [2.05, 4.69) is 5.43 Å². The van der Waals surface area contributed by atoms with Crippen LogP contribution in [0, 0.1) is 18.6 Å². The summed E-state index contributed by atoms with van der Waals surface area (Å²) in [6.07, 6.45) is 0. The minimum Gasteiger partial charge on any atom is -0.496 e. The van der Waals surface area contributed by atoms with Gasteiger partial charge < -0.3 is 4.74 Å². The molecule has 20 heavy (non-hydrogen) atoms. The third-order valence-corrected chi connectivity index (χ3v) is 3.19. The first-order valence-electron chi connectivity index (χ1n) is 6.12. The second-order valence-electron chi connectivity index (χ2n) is 4.49. The lowest BCUT2D eigenvalue weighted by molar-refractivity contribution is 0.411. The molecule has 0 bridgehead atoms. The Morgan fingerprint density at radius 3 is 2.45 bits per heavy atom. The van der Waals surface area contributed by atoms with E-state index in [1.165, 1.54) is 12.1 Å². The first-order chi connectivity index (χ1) is 9.56. The summed E-state index contributed by atoms with van der Waals surface area (Å²) in [5.74, 6) is 5.01. The van der Waals surface area contributed by atoms with E-state index in [-0.39, 0.29) is 0 Å². The van der Waals surface area contributed by atoms with Gasteiger partial charge in [-0.3, -0.25) is 5.84 Å². The fourth-order valence-electron chi connectivity index (χ4n) is 2.18. The molecule has 0 radical (unpaired) electrons. The van der Waals surface area contributed by atoms with Crippen molar-refractivity contribution in [2.45, 2.75) is 13.0 Å². The Labute approximate surface area is 116 Å². The van der Waals surface area contributed by atoms with Crippen LogP contribution in [-0.2, 0) is 0 Å². The molecule has 2 aromatic carbocycles. The van der Waals surface area contributed by atoms with Crippen molar-refractivity contribution in [2.75, 3.05) is 7.11 Å². The summed E-state index contributed by atoms with van der Waals surface area (Å²) in [6.45, 7) is 1.89. The van der Waals surface area contributed by atoms with Crippen molar-refractivity contribution in [3.63, 3.8) is 0 Å². The van der Waals surface area contributed by atoms with Gasteiger partial charge >= 0.3 is 0 Å². The highest BCUT2D eigenvalue weighted by atomic mass is 19.1. The number of hydrazine groups is 1. The molecule has 0 aromatic heterocycles. The monoisotopic (exact) mass is 278 g/mol. The number of benzene rings is 2. The van der Waals surface area contributed by atoms with Gasteiger partial charge in [0, 0.05) is 11.6 Å². The lowest BCUT2D eigenvalue weighted by Crippen LogP contribution is -2.29. The Kier molecular flexibility index (Phi) is 4.32. The van der Waals surface area contributed by atoms with Crippen LogP contribution in [0.25, 0.3) is 0 Å². The molecule has 2 aromatic rings. The van der Waals surface area contributed by atoms with Crippen molar-refractivity contribution in [1.29, 1.82) is 0 Å². The van der Waals surface area contributed by atoms with Gasteiger partial charge in [0.1, 0.15) is 17.4 Å². The summed E-state index contributed by atoms with van der Waals surface area (Å²) < 4.78 is 32.0. The second-order valence-corrected chi connectivity index (χ2v) is 4.49. The molecule has 0 saturated heterocycles. The van der Waals surface area contributed by atoms with E-state index in [1.807, 2.05) is 13.0 Å². The molecular formula is C15H16F2N2O. The molecule has 0 heterocycles. The number of rotatable bonds is 4. The van der Waals surface area contributed by atoms with Gasteiger partial charge in [-0.05, 0) is 30.2 Å². The SMILES string of the molecule is COc1ccc(C(NN)c2ccc(F)cc2F)cc1C. The van der Waals surface area contributed by atoms with Crippen LogP contribution in [0.3, 0.4) is 0 Å². The molecule has 0 aliphatic rings. The number of hydrogen-bond donors (Lipinski definition) is 2.